The molecule has 0 radical (unpaired) electrons. The van der Waals surface area contributed by atoms with Gasteiger partial charge in [0.1, 0.15) is 11.6 Å². The highest BCUT2D eigenvalue weighted by Crippen LogP contribution is 2.22. The van der Waals surface area contributed by atoms with Crippen molar-refractivity contribution in [1.29, 1.82) is 0 Å². The van der Waals surface area contributed by atoms with Gasteiger partial charge in [0, 0.05) is 29.6 Å². The highest BCUT2D eigenvalue weighted by atomic mass is 19.1. The van der Waals surface area contributed by atoms with E-state index in [0.717, 1.165) is 17.5 Å². The van der Waals surface area contributed by atoms with E-state index < -0.39 is 0 Å². The number of nitrogens with one attached hydrogen (secondary N) is 1. The molecule has 1 aromatic heterocycles. The average molecular weight is 365 g/mol. The monoisotopic (exact) mass is 365 g/mol. The third-order valence-electron chi connectivity index (χ3n) is 4.10. The van der Waals surface area contributed by atoms with Crippen LogP contribution in [-0.2, 0) is 0 Å². The van der Waals surface area contributed by atoms with Crippen molar-refractivity contribution in [2.45, 2.75) is 26.3 Å². The fraction of sp³-hybridized carbons (Fsp3) is 0.190. The zero-order chi connectivity index (χ0) is 19.2. The molecule has 0 bridgehead atoms. The molecule has 5 nitrogen and oxygen atoms in total. The third kappa shape index (κ3) is 4.88. The second-order valence-electron chi connectivity index (χ2n) is 6.17. The first-order chi connectivity index (χ1) is 13.0. The first kappa shape index (κ1) is 18.5. The third-order valence-corrected chi connectivity index (χ3v) is 4.10. The number of aromatic nitrogens is 2. The summed E-state index contributed by atoms with van der Waals surface area (Å²) >= 11 is 0. The zero-order valence-corrected chi connectivity index (χ0v) is 15.1. The van der Waals surface area contributed by atoms with Crippen molar-refractivity contribution < 1.29 is 13.9 Å². The van der Waals surface area contributed by atoms with Gasteiger partial charge in [0.15, 0.2) is 0 Å². The lowest BCUT2D eigenvalue weighted by atomic mass is 10.1. The van der Waals surface area contributed by atoms with E-state index >= 15 is 0 Å². The Bertz CT molecular complexity index is 911. The van der Waals surface area contributed by atoms with Gasteiger partial charge in [-0.2, -0.15) is 0 Å². The number of ether oxygens (including phenoxy) is 1. The van der Waals surface area contributed by atoms with Crippen LogP contribution in [0.5, 0.6) is 11.8 Å². The standard InChI is InChI=1S/C21H20FN3O2/c1-3-14(2)25-20(26)16-6-4-5-15(11-16)17-12-23-21(24-13-17)27-19-9-7-18(22)8-10-19/h4-14H,3H2,1-2H3,(H,25,26)/t14-/m1/s1. The highest BCUT2D eigenvalue weighted by Gasteiger charge is 2.10. The van der Waals surface area contributed by atoms with Crippen LogP contribution in [0, 0.1) is 5.82 Å². The van der Waals surface area contributed by atoms with Gasteiger partial charge in [0.25, 0.3) is 5.91 Å². The van der Waals surface area contributed by atoms with Crippen LogP contribution in [0.3, 0.4) is 0 Å². The molecular weight excluding hydrogens is 345 g/mol. The molecule has 0 aliphatic carbocycles. The van der Waals surface area contributed by atoms with Gasteiger partial charge in [-0.1, -0.05) is 19.1 Å². The molecule has 0 saturated heterocycles. The number of amides is 1. The number of nitrogens with zero attached hydrogens (tertiary/aromatic N) is 2. The second kappa shape index (κ2) is 8.40. The Labute approximate surface area is 157 Å². The van der Waals surface area contributed by atoms with Gasteiger partial charge >= 0.3 is 6.01 Å². The van der Waals surface area contributed by atoms with E-state index in [4.69, 9.17) is 4.74 Å². The van der Waals surface area contributed by atoms with Crippen molar-refractivity contribution >= 4 is 5.91 Å². The molecule has 1 heterocycles. The maximum absolute atomic E-state index is 12.9. The van der Waals surface area contributed by atoms with Crippen LogP contribution in [-0.4, -0.2) is 21.9 Å². The molecule has 0 unspecified atom stereocenters. The SMILES string of the molecule is CC[C@@H](C)NC(=O)c1cccc(-c2cnc(Oc3ccc(F)cc3)nc2)c1. The lowest BCUT2D eigenvalue weighted by Gasteiger charge is -2.12. The summed E-state index contributed by atoms with van der Waals surface area (Å²) < 4.78 is 18.4. The van der Waals surface area contributed by atoms with Crippen LogP contribution in [0.1, 0.15) is 30.6 Å². The molecule has 0 saturated carbocycles. The molecule has 138 valence electrons. The molecule has 0 aliphatic rings. The molecule has 0 spiro atoms. The summed E-state index contributed by atoms with van der Waals surface area (Å²) in [4.78, 5) is 20.7. The van der Waals surface area contributed by atoms with E-state index in [1.807, 2.05) is 26.0 Å². The molecule has 6 heteroatoms. The fourth-order valence-electron chi connectivity index (χ4n) is 2.38. The predicted octanol–water partition coefficient (Wildman–Crippen LogP) is 4.60. The van der Waals surface area contributed by atoms with Crippen molar-refractivity contribution in [1.82, 2.24) is 15.3 Å². The summed E-state index contributed by atoms with van der Waals surface area (Å²) in [5.74, 6) is 0.00658. The average Bonchev–Trinajstić information content (AvgIpc) is 2.70. The number of hydrogen-bond donors (Lipinski definition) is 1. The normalized spacial score (nSPS) is 11.7. The van der Waals surface area contributed by atoms with Gasteiger partial charge in [0.2, 0.25) is 0 Å². The molecule has 1 amide bonds. The van der Waals surface area contributed by atoms with Crippen LogP contribution >= 0.6 is 0 Å². The minimum atomic E-state index is -0.337. The Balaban J connectivity index is 1.74. The van der Waals surface area contributed by atoms with E-state index in [1.54, 1.807) is 24.5 Å². The van der Waals surface area contributed by atoms with E-state index in [1.165, 1.54) is 24.3 Å². The molecule has 1 N–H and O–H groups in total. The van der Waals surface area contributed by atoms with E-state index in [2.05, 4.69) is 15.3 Å². The Hall–Kier alpha value is -3.28. The van der Waals surface area contributed by atoms with Crippen LogP contribution in [0.2, 0.25) is 0 Å². The van der Waals surface area contributed by atoms with Gasteiger partial charge < -0.3 is 10.1 Å². The van der Waals surface area contributed by atoms with Crippen molar-refractivity contribution in [3.8, 4) is 22.9 Å². The van der Waals surface area contributed by atoms with Crippen LogP contribution < -0.4 is 10.1 Å². The van der Waals surface area contributed by atoms with Crippen molar-refractivity contribution in [3.05, 3.63) is 72.3 Å². The Morgan fingerprint density at radius 1 is 1.11 bits per heavy atom. The molecular formula is C21H20FN3O2. The quantitative estimate of drug-likeness (QED) is 0.693. The molecule has 0 fully saturated rings. The first-order valence-corrected chi connectivity index (χ1v) is 8.72. The number of rotatable bonds is 6. The van der Waals surface area contributed by atoms with Gasteiger partial charge in [-0.15, -0.1) is 0 Å². The van der Waals surface area contributed by atoms with E-state index in [9.17, 15) is 9.18 Å². The van der Waals surface area contributed by atoms with Gasteiger partial charge in [-0.3, -0.25) is 4.79 Å². The lowest BCUT2D eigenvalue weighted by Crippen LogP contribution is -2.31. The maximum Gasteiger partial charge on any atom is 0.321 e. The highest BCUT2D eigenvalue weighted by molar-refractivity contribution is 5.95. The Kier molecular flexibility index (Phi) is 5.76. The first-order valence-electron chi connectivity index (χ1n) is 8.72. The second-order valence-corrected chi connectivity index (χ2v) is 6.17. The summed E-state index contributed by atoms with van der Waals surface area (Å²) in [7, 11) is 0. The number of hydrogen-bond acceptors (Lipinski definition) is 4. The number of carbonyl (C=O) groups is 1. The number of halogens is 1. The molecule has 1 atom stereocenters. The van der Waals surface area contributed by atoms with Gasteiger partial charge in [0.05, 0.1) is 0 Å². The molecule has 27 heavy (non-hydrogen) atoms. The fourth-order valence-corrected chi connectivity index (χ4v) is 2.38. The van der Waals surface area contributed by atoms with E-state index in [0.29, 0.717) is 11.3 Å². The number of carbonyl (C=O) groups excluding carboxylic acids is 1. The summed E-state index contributed by atoms with van der Waals surface area (Å²) in [6, 6.07) is 13.2. The van der Waals surface area contributed by atoms with Gasteiger partial charge in [-0.05, 0) is 55.3 Å². The van der Waals surface area contributed by atoms with Gasteiger partial charge in [-0.25, -0.2) is 14.4 Å². The predicted molar refractivity (Wildman–Crippen MR) is 101 cm³/mol. The Morgan fingerprint density at radius 3 is 2.48 bits per heavy atom. The molecule has 2 aromatic carbocycles. The molecule has 3 rings (SSSR count). The van der Waals surface area contributed by atoms with Crippen molar-refractivity contribution in [3.63, 3.8) is 0 Å². The maximum atomic E-state index is 12.9. The van der Waals surface area contributed by atoms with Crippen LogP contribution in [0.25, 0.3) is 11.1 Å². The lowest BCUT2D eigenvalue weighted by molar-refractivity contribution is 0.0939. The zero-order valence-electron chi connectivity index (χ0n) is 15.1. The molecule has 3 aromatic rings. The summed E-state index contributed by atoms with van der Waals surface area (Å²) in [6.07, 6.45) is 4.11. The van der Waals surface area contributed by atoms with E-state index in [-0.39, 0.29) is 23.8 Å². The van der Waals surface area contributed by atoms with Crippen molar-refractivity contribution in [2.75, 3.05) is 0 Å². The minimum absolute atomic E-state index is 0.108. The minimum Gasteiger partial charge on any atom is -0.424 e. The van der Waals surface area contributed by atoms with Crippen LogP contribution in [0.4, 0.5) is 4.39 Å². The molecule has 0 aliphatic heterocycles. The summed E-state index contributed by atoms with van der Waals surface area (Å²) in [5, 5.41) is 2.95. The number of benzene rings is 2. The Morgan fingerprint density at radius 2 is 1.81 bits per heavy atom. The van der Waals surface area contributed by atoms with Crippen LogP contribution in [0.15, 0.2) is 60.9 Å². The summed E-state index contributed by atoms with van der Waals surface area (Å²) in [5.41, 5.74) is 2.18. The van der Waals surface area contributed by atoms with Crippen molar-refractivity contribution in [2.24, 2.45) is 0 Å². The smallest absolute Gasteiger partial charge is 0.321 e. The largest absolute Gasteiger partial charge is 0.424 e. The topological polar surface area (TPSA) is 64.1 Å². The summed E-state index contributed by atoms with van der Waals surface area (Å²) in [6.45, 7) is 3.99.